The lowest BCUT2D eigenvalue weighted by Crippen LogP contribution is -2.39. The summed E-state index contributed by atoms with van der Waals surface area (Å²) in [7, 11) is -2.34. The van der Waals surface area contributed by atoms with Gasteiger partial charge in [0.15, 0.2) is 0 Å². The Morgan fingerprint density at radius 3 is 2.37 bits per heavy atom. The molecule has 0 saturated heterocycles. The molecule has 3 aromatic carbocycles. The molecule has 202 valence electrons. The summed E-state index contributed by atoms with van der Waals surface area (Å²) in [6.45, 7) is 5.17. The molecule has 2 N–H and O–H groups in total. The second-order valence-electron chi connectivity index (χ2n) is 9.00. The Labute approximate surface area is 235 Å². The van der Waals surface area contributed by atoms with Crippen LogP contribution in [0.1, 0.15) is 36.6 Å². The van der Waals surface area contributed by atoms with Crippen molar-refractivity contribution in [3.63, 3.8) is 0 Å². The zero-order chi connectivity index (χ0) is 28.2. The van der Waals surface area contributed by atoms with Gasteiger partial charge < -0.3 is 10.6 Å². The average molecular weight is 625 g/mol. The third-order valence-corrected chi connectivity index (χ3v) is 9.23. The van der Waals surface area contributed by atoms with Crippen LogP contribution < -0.4 is 10.6 Å². The summed E-state index contributed by atoms with van der Waals surface area (Å²) in [5, 5.41) is 5.36. The van der Waals surface area contributed by atoms with Gasteiger partial charge >= 0.3 is 11.8 Å². The number of nitrogens with zero attached hydrogens (tertiary/aromatic N) is 1. The minimum atomic E-state index is -3.81. The van der Waals surface area contributed by atoms with Gasteiger partial charge in [0, 0.05) is 40.3 Å². The van der Waals surface area contributed by atoms with Gasteiger partial charge in [-0.3, -0.25) is 9.59 Å². The van der Waals surface area contributed by atoms with Crippen molar-refractivity contribution in [2.45, 2.75) is 44.2 Å². The molecule has 0 radical (unpaired) electrons. The van der Waals surface area contributed by atoms with Crippen LogP contribution in [0.5, 0.6) is 0 Å². The SMILES string of the molecule is Cc1ccc(S(=O)(=O)N(C)C(C)C)cc1NC(=O)C(=O)NC(Cc1c(F)cccc1Cl)c1ccccc1Br. The highest BCUT2D eigenvalue weighted by molar-refractivity contribution is 9.10. The molecule has 0 fully saturated rings. The topological polar surface area (TPSA) is 95.6 Å². The first kappa shape index (κ1) is 29.8. The first-order chi connectivity index (χ1) is 17.8. The van der Waals surface area contributed by atoms with Gasteiger partial charge in [0.05, 0.1) is 10.9 Å². The van der Waals surface area contributed by atoms with Crippen molar-refractivity contribution in [1.29, 1.82) is 0 Å². The molecule has 2 amide bonds. The molecule has 0 aliphatic heterocycles. The number of hydrogen-bond donors (Lipinski definition) is 2. The van der Waals surface area contributed by atoms with Crippen molar-refractivity contribution in [2.75, 3.05) is 12.4 Å². The second-order valence-corrected chi connectivity index (χ2v) is 12.3. The molecule has 0 aliphatic rings. The zero-order valence-corrected chi connectivity index (χ0v) is 24.4. The summed E-state index contributed by atoms with van der Waals surface area (Å²) in [5.41, 5.74) is 1.56. The molecule has 0 saturated carbocycles. The van der Waals surface area contributed by atoms with E-state index >= 15 is 0 Å². The van der Waals surface area contributed by atoms with Gasteiger partial charge in [0.1, 0.15) is 5.82 Å². The van der Waals surface area contributed by atoms with Crippen LogP contribution >= 0.6 is 27.5 Å². The molecule has 0 aromatic heterocycles. The number of aryl methyl sites for hydroxylation is 1. The lowest BCUT2D eigenvalue weighted by Gasteiger charge is -2.22. The smallest absolute Gasteiger partial charge is 0.313 e. The summed E-state index contributed by atoms with van der Waals surface area (Å²) in [5.74, 6) is -2.52. The van der Waals surface area contributed by atoms with Gasteiger partial charge in [0.2, 0.25) is 10.0 Å². The molecule has 0 heterocycles. The molecule has 1 atom stereocenters. The summed E-state index contributed by atoms with van der Waals surface area (Å²) in [6.07, 6.45) is -0.0125. The van der Waals surface area contributed by atoms with Crippen LogP contribution in [-0.2, 0) is 26.0 Å². The summed E-state index contributed by atoms with van der Waals surface area (Å²) < 4.78 is 42.2. The first-order valence-electron chi connectivity index (χ1n) is 11.7. The third kappa shape index (κ3) is 6.79. The number of hydrogen-bond acceptors (Lipinski definition) is 4. The van der Waals surface area contributed by atoms with E-state index in [1.54, 1.807) is 57.2 Å². The van der Waals surface area contributed by atoms with Crippen LogP contribution in [0.3, 0.4) is 0 Å². The van der Waals surface area contributed by atoms with Gasteiger partial charge in [-0.05, 0) is 62.2 Å². The lowest BCUT2D eigenvalue weighted by atomic mass is 9.98. The molecular weight excluding hydrogens is 597 g/mol. The maximum absolute atomic E-state index is 14.6. The number of benzene rings is 3. The Bertz CT molecular complexity index is 1450. The van der Waals surface area contributed by atoms with Crippen molar-refractivity contribution >= 4 is 55.1 Å². The number of sulfonamides is 1. The van der Waals surface area contributed by atoms with Crippen LogP contribution in [0.2, 0.25) is 5.02 Å². The normalized spacial score (nSPS) is 12.4. The molecule has 7 nitrogen and oxygen atoms in total. The number of carbonyl (C=O) groups is 2. The Morgan fingerprint density at radius 2 is 1.74 bits per heavy atom. The standard InChI is InChI=1S/C27H28BrClFN3O4S/c1-16(2)33(4)38(36,37)18-13-12-17(3)24(14-18)31-26(34)27(35)32-25(19-8-5-6-9-21(19)28)15-20-22(29)10-7-11-23(20)30/h5-14,16,25H,15H2,1-4H3,(H,31,34)(H,32,35). The maximum Gasteiger partial charge on any atom is 0.313 e. The third-order valence-electron chi connectivity index (χ3n) is 6.12. The minimum Gasteiger partial charge on any atom is -0.341 e. The monoisotopic (exact) mass is 623 g/mol. The number of rotatable bonds is 8. The number of nitrogens with one attached hydrogen (secondary N) is 2. The molecule has 1 unspecified atom stereocenters. The fourth-order valence-electron chi connectivity index (χ4n) is 3.67. The summed E-state index contributed by atoms with van der Waals surface area (Å²) in [6, 6.07) is 14.6. The molecule has 0 bridgehead atoms. The molecule has 11 heteroatoms. The predicted octanol–water partition coefficient (Wildman–Crippen LogP) is 5.62. The highest BCUT2D eigenvalue weighted by atomic mass is 79.9. The fourth-order valence-corrected chi connectivity index (χ4v) is 5.87. The number of amides is 2. The van der Waals surface area contributed by atoms with Crippen molar-refractivity contribution in [3.8, 4) is 0 Å². The largest absolute Gasteiger partial charge is 0.341 e. The van der Waals surface area contributed by atoms with Crippen LogP contribution in [0.4, 0.5) is 10.1 Å². The van der Waals surface area contributed by atoms with E-state index in [0.717, 1.165) is 0 Å². The Kier molecular flexibility index (Phi) is 9.69. The Balaban J connectivity index is 1.87. The Morgan fingerprint density at radius 1 is 1.05 bits per heavy atom. The fraction of sp³-hybridized carbons (Fsp3) is 0.259. The van der Waals surface area contributed by atoms with Crippen LogP contribution in [0.15, 0.2) is 70.0 Å². The van der Waals surface area contributed by atoms with Crippen molar-refractivity contribution in [1.82, 2.24) is 9.62 Å². The van der Waals surface area contributed by atoms with E-state index < -0.39 is 33.7 Å². The second kappa shape index (κ2) is 12.4. The summed E-state index contributed by atoms with van der Waals surface area (Å²) in [4.78, 5) is 25.9. The highest BCUT2D eigenvalue weighted by Gasteiger charge is 2.26. The van der Waals surface area contributed by atoms with Crippen molar-refractivity contribution in [3.05, 3.63) is 92.7 Å². The number of anilines is 1. The van der Waals surface area contributed by atoms with E-state index in [1.807, 2.05) is 0 Å². The van der Waals surface area contributed by atoms with E-state index in [-0.39, 0.29) is 33.6 Å². The molecule has 0 spiro atoms. The van der Waals surface area contributed by atoms with Crippen molar-refractivity contribution < 1.29 is 22.4 Å². The summed E-state index contributed by atoms with van der Waals surface area (Å²) >= 11 is 9.67. The zero-order valence-electron chi connectivity index (χ0n) is 21.3. The maximum atomic E-state index is 14.6. The molecule has 38 heavy (non-hydrogen) atoms. The highest BCUT2D eigenvalue weighted by Crippen LogP contribution is 2.30. The number of carbonyl (C=O) groups excluding carboxylic acids is 2. The van der Waals surface area contributed by atoms with E-state index in [1.165, 1.54) is 35.6 Å². The van der Waals surface area contributed by atoms with Gasteiger partial charge in [-0.25, -0.2) is 12.8 Å². The molecule has 3 aromatic rings. The quantitative estimate of drug-likeness (QED) is 0.318. The van der Waals surface area contributed by atoms with Gasteiger partial charge in [-0.1, -0.05) is 57.9 Å². The number of halogens is 3. The van der Waals surface area contributed by atoms with Gasteiger partial charge in [-0.15, -0.1) is 0 Å². The lowest BCUT2D eigenvalue weighted by molar-refractivity contribution is -0.136. The van der Waals surface area contributed by atoms with Crippen molar-refractivity contribution in [2.24, 2.45) is 0 Å². The van der Waals surface area contributed by atoms with E-state index in [9.17, 15) is 22.4 Å². The van der Waals surface area contributed by atoms with E-state index in [0.29, 0.717) is 15.6 Å². The van der Waals surface area contributed by atoms with Crippen LogP contribution in [0, 0.1) is 12.7 Å². The first-order valence-corrected chi connectivity index (χ1v) is 14.3. The molecule has 0 aliphatic carbocycles. The van der Waals surface area contributed by atoms with E-state index in [4.69, 9.17) is 11.6 Å². The van der Waals surface area contributed by atoms with Crippen LogP contribution in [-0.4, -0.2) is 37.6 Å². The molecular formula is C27H28BrClFN3O4S. The predicted molar refractivity (Wildman–Crippen MR) is 150 cm³/mol. The Hall–Kier alpha value is -2.79. The van der Waals surface area contributed by atoms with E-state index in [2.05, 4.69) is 26.6 Å². The van der Waals surface area contributed by atoms with Gasteiger partial charge in [-0.2, -0.15) is 4.31 Å². The minimum absolute atomic E-state index is 0.0125. The van der Waals surface area contributed by atoms with Gasteiger partial charge in [0.25, 0.3) is 0 Å². The average Bonchev–Trinajstić information content (AvgIpc) is 2.86. The van der Waals surface area contributed by atoms with Crippen LogP contribution in [0.25, 0.3) is 0 Å². The molecule has 3 rings (SSSR count).